The minimum absolute atomic E-state index is 0.0773. The maximum atomic E-state index is 12.8. The molecule has 0 radical (unpaired) electrons. The molecule has 0 saturated carbocycles. The Morgan fingerprint density at radius 1 is 1.28 bits per heavy atom. The first-order valence-corrected chi connectivity index (χ1v) is 9.35. The fourth-order valence-electron chi connectivity index (χ4n) is 3.18. The average Bonchev–Trinajstić information content (AvgIpc) is 3.27. The molecule has 6 heteroatoms. The Bertz CT molecular complexity index is 839. The van der Waals surface area contributed by atoms with Gasteiger partial charge in [-0.15, -0.1) is 11.3 Å². The van der Waals surface area contributed by atoms with E-state index in [9.17, 15) is 4.79 Å². The Morgan fingerprint density at radius 3 is 2.76 bits per heavy atom. The van der Waals surface area contributed by atoms with Gasteiger partial charge in [-0.05, 0) is 23.4 Å². The quantitative estimate of drug-likeness (QED) is 0.697. The maximum Gasteiger partial charge on any atom is 0.233 e. The highest BCUT2D eigenvalue weighted by Crippen LogP contribution is 2.32. The molecular weight excluding hydrogens is 334 g/mol. The maximum absolute atomic E-state index is 12.8. The van der Waals surface area contributed by atoms with Gasteiger partial charge in [0.1, 0.15) is 0 Å². The molecule has 1 fully saturated rings. The van der Waals surface area contributed by atoms with E-state index in [-0.39, 0.29) is 17.7 Å². The Kier molecular flexibility index (Phi) is 4.36. The number of carbonyl (C=O) groups is 1. The number of hydrogen-bond acceptors (Lipinski definition) is 5. The van der Waals surface area contributed by atoms with Gasteiger partial charge in [-0.2, -0.15) is 4.98 Å². The zero-order chi connectivity index (χ0) is 17.2. The Balaban J connectivity index is 1.41. The van der Waals surface area contributed by atoms with Crippen LogP contribution < -0.4 is 0 Å². The average molecular weight is 353 g/mol. The first-order valence-electron chi connectivity index (χ1n) is 8.47. The molecule has 0 aliphatic carbocycles. The SMILES string of the molecule is CCC(C(=O)N1CC(c2nc(-c3cccs3)no2)C1)c1ccccc1. The first kappa shape index (κ1) is 16.0. The van der Waals surface area contributed by atoms with Crippen molar-refractivity contribution in [2.45, 2.75) is 25.2 Å². The van der Waals surface area contributed by atoms with E-state index < -0.39 is 0 Å². The molecular formula is C19H19N3O2S. The van der Waals surface area contributed by atoms with Gasteiger partial charge in [0.15, 0.2) is 0 Å². The summed E-state index contributed by atoms with van der Waals surface area (Å²) in [6.07, 6.45) is 0.799. The van der Waals surface area contributed by atoms with Crippen LogP contribution in [0, 0.1) is 0 Å². The topological polar surface area (TPSA) is 59.2 Å². The predicted molar refractivity (Wildman–Crippen MR) is 96.4 cm³/mol. The number of likely N-dealkylation sites (tertiary alicyclic amines) is 1. The molecule has 0 N–H and O–H groups in total. The Morgan fingerprint density at radius 2 is 2.08 bits per heavy atom. The molecule has 5 nitrogen and oxygen atoms in total. The van der Waals surface area contributed by atoms with Gasteiger partial charge < -0.3 is 9.42 Å². The van der Waals surface area contributed by atoms with Gasteiger partial charge in [-0.1, -0.05) is 48.5 Å². The molecule has 25 heavy (non-hydrogen) atoms. The molecule has 4 rings (SSSR count). The van der Waals surface area contributed by atoms with Crippen molar-refractivity contribution in [3.8, 4) is 10.7 Å². The molecule has 1 aromatic carbocycles. The van der Waals surface area contributed by atoms with Crippen molar-refractivity contribution >= 4 is 17.2 Å². The monoisotopic (exact) mass is 353 g/mol. The molecule has 3 heterocycles. The lowest BCUT2D eigenvalue weighted by Gasteiger charge is -2.39. The molecule has 1 amide bonds. The largest absolute Gasteiger partial charge is 0.340 e. The number of aromatic nitrogens is 2. The third-order valence-electron chi connectivity index (χ3n) is 4.63. The van der Waals surface area contributed by atoms with Gasteiger partial charge in [0, 0.05) is 13.1 Å². The van der Waals surface area contributed by atoms with Crippen LogP contribution in [0.15, 0.2) is 52.4 Å². The molecule has 128 valence electrons. The van der Waals surface area contributed by atoms with Crippen molar-refractivity contribution < 1.29 is 9.32 Å². The summed E-state index contributed by atoms with van der Waals surface area (Å²) in [6, 6.07) is 13.9. The van der Waals surface area contributed by atoms with Crippen LogP contribution in [0.4, 0.5) is 0 Å². The van der Waals surface area contributed by atoms with Crippen LogP contribution in [0.3, 0.4) is 0 Å². The first-order chi connectivity index (χ1) is 12.3. The molecule has 1 aliphatic heterocycles. The summed E-state index contributed by atoms with van der Waals surface area (Å²) in [5, 5.41) is 6.04. The summed E-state index contributed by atoms with van der Waals surface area (Å²) in [6.45, 7) is 3.35. The number of benzene rings is 1. The number of carbonyl (C=O) groups excluding carboxylic acids is 1. The molecule has 3 aromatic rings. The van der Waals surface area contributed by atoms with Crippen LogP contribution in [0.2, 0.25) is 0 Å². The van der Waals surface area contributed by atoms with Crippen LogP contribution in [0.5, 0.6) is 0 Å². The van der Waals surface area contributed by atoms with E-state index in [1.165, 1.54) is 0 Å². The van der Waals surface area contributed by atoms with Crippen LogP contribution in [0.25, 0.3) is 10.7 Å². The van der Waals surface area contributed by atoms with Crippen LogP contribution in [0.1, 0.15) is 36.6 Å². The highest BCUT2D eigenvalue weighted by atomic mass is 32.1. The molecule has 2 aromatic heterocycles. The lowest BCUT2D eigenvalue weighted by molar-refractivity contribution is -0.137. The van der Waals surface area contributed by atoms with Gasteiger partial charge >= 0.3 is 0 Å². The zero-order valence-electron chi connectivity index (χ0n) is 14.0. The third-order valence-corrected chi connectivity index (χ3v) is 5.50. The Hall–Kier alpha value is -2.47. The number of thiophene rings is 1. The van der Waals surface area contributed by atoms with E-state index in [2.05, 4.69) is 17.1 Å². The zero-order valence-corrected chi connectivity index (χ0v) is 14.8. The van der Waals surface area contributed by atoms with Crippen molar-refractivity contribution in [2.75, 3.05) is 13.1 Å². The van der Waals surface area contributed by atoms with Gasteiger partial charge in [0.2, 0.25) is 17.6 Å². The van der Waals surface area contributed by atoms with Gasteiger partial charge in [-0.3, -0.25) is 4.79 Å². The smallest absolute Gasteiger partial charge is 0.233 e. The van der Waals surface area contributed by atoms with Gasteiger partial charge in [0.25, 0.3) is 0 Å². The summed E-state index contributed by atoms with van der Waals surface area (Å²) in [5.74, 6) is 1.50. The van der Waals surface area contributed by atoms with Crippen LogP contribution >= 0.6 is 11.3 Å². The van der Waals surface area contributed by atoms with Crippen molar-refractivity contribution in [3.05, 3.63) is 59.3 Å². The normalized spacial score (nSPS) is 15.8. The molecule has 1 atom stereocenters. The van der Waals surface area contributed by atoms with Crippen LogP contribution in [-0.2, 0) is 4.79 Å². The summed E-state index contributed by atoms with van der Waals surface area (Å²) in [5.41, 5.74) is 1.08. The minimum Gasteiger partial charge on any atom is -0.340 e. The van der Waals surface area contributed by atoms with Crippen molar-refractivity contribution in [1.82, 2.24) is 15.0 Å². The van der Waals surface area contributed by atoms with Gasteiger partial charge in [-0.25, -0.2) is 0 Å². The summed E-state index contributed by atoms with van der Waals surface area (Å²) in [7, 11) is 0. The lowest BCUT2D eigenvalue weighted by atomic mass is 9.91. The van der Waals surface area contributed by atoms with Gasteiger partial charge in [0.05, 0.1) is 16.7 Å². The van der Waals surface area contributed by atoms with E-state index in [0.29, 0.717) is 24.8 Å². The van der Waals surface area contributed by atoms with E-state index in [4.69, 9.17) is 4.52 Å². The van der Waals surface area contributed by atoms with Crippen molar-refractivity contribution in [1.29, 1.82) is 0 Å². The highest BCUT2D eigenvalue weighted by Gasteiger charge is 2.38. The Labute approximate surface area is 150 Å². The van der Waals surface area contributed by atoms with Crippen molar-refractivity contribution in [3.63, 3.8) is 0 Å². The predicted octanol–water partition coefficient (Wildman–Crippen LogP) is 3.92. The third kappa shape index (κ3) is 3.09. The number of hydrogen-bond donors (Lipinski definition) is 0. The summed E-state index contributed by atoms with van der Waals surface area (Å²) < 4.78 is 5.40. The second kappa shape index (κ2) is 6.80. The fourth-order valence-corrected chi connectivity index (χ4v) is 3.83. The molecule has 1 unspecified atom stereocenters. The lowest BCUT2D eigenvalue weighted by Crippen LogP contribution is -2.50. The summed E-state index contributed by atoms with van der Waals surface area (Å²) >= 11 is 1.59. The fraction of sp³-hybridized carbons (Fsp3) is 0.316. The van der Waals surface area contributed by atoms with Crippen LogP contribution in [-0.4, -0.2) is 34.0 Å². The molecule has 1 aliphatic rings. The molecule has 0 spiro atoms. The van der Waals surface area contributed by atoms with Crippen molar-refractivity contribution in [2.24, 2.45) is 0 Å². The van der Waals surface area contributed by atoms with E-state index in [1.807, 2.05) is 52.7 Å². The van der Waals surface area contributed by atoms with E-state index in [1.54, 1.807) is 11.3 Å². The second-order valence-electron chi connectivity index (χ2n) is 6.25. The minimum atomic E-state index is -0.0773. The molecule has 1 saturated heterocycles. The van der Waals surface area contributed by atoms with E-state index >= 15 is 0 Å². The number of rotatable bonds is 5. The highest BCUT2D eigenvalue weighted by molar-refractivity contribution is 7.13. The molecule has 0 bridgehead atoms. The summed E-state index contributed by atoms with van der Waals surface area (Å²) in [4.78, 5) is 20.2. The second-order valence-corrected chi connectivity index (χ2v) is 7.19. The standard InChI is InChI=1S/C19H19N3O2S/c1-2-15(13-7-4-3-5-8-13)19(23)22-11-14(12-22)18-20-17(21-24-18)16-9-6-10-25-16/h3-10,14-15H,2,11-12H2,1H3. The number of amides is 1. The van der Waals surface area contributed by atoms with E-state index in [0.717, 1.165) is 16.9 Å². The number of nitrogens with zero attached hydrogens (tertiary/aromatic N) is 3.